The molecule has 1 heterocycles. The molecule has 0 amide bonds. The number of rotatable bonds is 4. The SMILES string of the molecule is [CH2]CC(c1ccccc1)(c1ccccc1)c1ccccn1. The molecular formula is C20H18N. The highest BCUT2D eigenvalue weighted by Crippen LogP contribution is 2.40. The van der Waals surface area contributed by atoms with Crippen molar-refractivity contribution in [2.45, 2.75) is 11.8 Å². The number of benzene rings is 2. The Morgan fingerprint density at radius 2 is 1.24 bits per heavy atom. The second-order valence-corrected chi connectivity index (χ2v) is 5.10. The molecule has 103 valence electrons. The smallest absolute Gasteiger partial charge is 0.0623 e. The van der Waals surface area contributed by atoms with E-state index < -0.39 is 0 Å². The minimum Gasteiger partial charge on any atom is -0.260 e. The molecule has 21 heavy (non-hydrogen) atoms. The van der Waals surface area contributed by atoms with Crippen molar-refractivity contribution in [2.24, 2.45) is 0 Å². The Kier molecular flexibility index (Phi) is 3.83. The number of aromatic nitrogens is 1. The molecule has 1 heteroatoms. The van der Waals surface area contributed by atoms with Crippen molar-refractivity contribution in [1.82, 2.24) is 4.98 Å². The van der Waals surface area contributed by atoms with Crippen molar-refractivity contribution in [2.75, 3.05) is 0 Å². The van der Waals surface area contributed by atoms with Crippen LogP contribution in [0.4, 0.5) is 0 Å². The second-order valence-electron chi connectivity index (χ2n) is 5.10. The molecule has 1 nitrogen and oxygen atoms in total. The molecule has 1 radical (unpaired) electrons. The van der Waals surface area contributed by atoms with E-state index in [0.717, 1.165) is 12.1 Å². The van der Waals surface area contributed by atoms with E-state index in [0.29, 0.717) is 0 Å². The van der Waals surface area contributed by atoms with Crippen molar-refractivity contribution < 1.29 is 0 Å². The lowest BCUT2D eigenvalue weighted by Crippen LogP contribution is -2.29. The van der Waals surface area contributed by atoms with E-state index in [1.807, 2.05) is 30.5 Å². The van der Waals surface area contributed by atoms with Gasteiger partial charge < -0.3 is 0 Å². The number of pyridine rings is 1. The van der Waals surface area contributed by atoms with Gasteiger partial charge in [0.15, 0.2) is 0 Å². The third-order valence-corrected chi connectivity index (χ3v) is 4.01. The molecule has 0 atom stereocenters. The van der Waals surface area contributed by atoms with Crippen LogP contribution in [0.2, 0.25) is 0 Å². The van der Waals surface area contributed by atoms with E-state index in [-0.39, 0.29) is 5.41 Å². The van der Waals surface area contributed by atoms with Gasteiger partial charge in [-0.3, -0.25) is 4.98 Å². The summed E-state index contributed by atoms with van der Waals surface area (Å²) in [6, 6.07) is 27.1. The zero-order chi connectivity index (χ0) is 14.5. The molecular weight excluding hydrogens is 254 g/mol. The standard InChI is InChI=1S/C20H18N/c1-2-20(17-11-5-3-6-12-17,18-13-7-4-8-14-18)19-15-9-10-16-21-19/h3-16H,1-2H2. The van der Waals surface area contributed by atoms with Crippen molar-refractivity contribution in [3.05, 3.63) is 109 Å². The van der Waals surface area contributed by atoms with E-state index in [1.165, 1.54) is 11.1 Å². The minimum atomic E-state index is -0.302. The Bertz CT molecular complexity index is 578. The molecule has 3 aromatic rings. The summed E-state index contributed by atoms with van der Waals surface area (Å²) in [7, 11) is 0. The van der Waals surface area contributed by atoms with E-state index in [1.54, 1.807) is 0 Å². The first kappa shape index (κ1) is 13.6. The summed E-state index contributed by atoms with van der Waals surface area (Å²) in [5.74, 6) is 0. The Balaban J connectivity index is 2.29. The molecule has 0 aliphatic heterocycles. The quantitative estimate of drug-likeness (QED) is 0.674. The van der Waals surface area contributed by atoms with Crippen molar-refractivity contribution in [3.63, 3.8) is 0 Å². The molecule has 3 rings (SSSR count). The van der Waals surface area contributed by atoms with Gasteiger partial charge in [0.05, 0.1) is 11.1 Å². The van der Waals surface area contributed by atoms with Crippen LogP contribution in [0, 0.1) is 6.92 Å². The lowest BCUT2D eigenvalue weighted by atomic mass is 9.70. The van der Waals surface area contributed by atoms with Gasteiger partial charge in [-0.2, -0.15) is 0 Å². The third kappa shape index (κ3) is 2.36. The molecule has 0 aliphatic rings. The summed E-state index contributed by atoms with van der Waals surface area (Å²) < 4.78 is 0. The Labute approximate surface area is 126 Å². The van der Waals surface area contributed by atoms with Gasteiger partial charge in [0, 0.05) is 6.20 Å². The second kappa shape index (κ2) is 5.92. The molecule has 1 aromatic heterocycles. The van der Waals surface area contributed by atoms with E-state index in [4.69, 9.17) is 0 Å². The highest BCUT2D eigenvalue weighted by atomic mass is 14.7. The van der Waals surface area contributed by atoms with Gasteiger partial charge in [-0.25, -0.2) is 0 Å². The highest BCUT2D eigenvalue weighted by molar-refractivity contribution is 5.48. The van der Waals surface area contributed by atoms with E-state index in [2.05, 4.69) is 66.5 Å². The van der Waals surface area contributed by atoms with Crippen LogP contribution in [0.15, 0.2) is 85.1 Å². The zero-order valence-electron chi connectivity index (χ0n) is 11.9. The van der Waals surface area contributed by atoms with Gasteiger partial charge in [-0.15, -0.1) is 0 Å². The number of hydrogen-bond donors (Lipinski definition) is 0. The predicted molar refractivity (Wildman–Crippen MR) is 87.0 cm³/mol. The lowest BCUT2D eigenvalue weighted by molar-refractivity contribution is 0.604. The fraction of sp³-hybridized carbons (Fsp3) is 0.100. The van der Waals surface area contributed by atoms with Gasteiger partial charge in [-0.1, -0.05) is 73.7 Å². The van der Waals surface area contributed by atoms with Crippen LogP contribution < -0.4 is 0 Å². The monoisotopic (exact) mass is 272 g/mol. The molecule has 0 aliphatic carbocycles. The molecule has 0 N–H and O–H groups in total. The van der Waals surface area contributed by atoms with E-state index in [9.17, 15) is 0 Å². The van der Waals surface area contributed by atoms with Gasteiger partial charge in [0.2, 0.25) is 0 Å². The fourth-order valence-electron chi connectivity index (χ4n) is 2.94. The average Bonchev–Trinajstić information content (AvgIpc) is 2.59. The minimum absolute atomic E-state index is 0.302. The molecule has 0 saturated carbocycles. The normalized spacial score (nSPS) is 11.3. The van der Waals surface area contributed by atoms with Crippen LogP contribution in [0.5, 0.6) is 0 Å². The molecule has 0 bridgehead atoms. The summed E-state index contributed by atoms with van der Waals surface area (Å²) in [6.45, 7) is 4.25. The van der Waals surface area contributed by atoms with Crippen LogP contribution in [0.25, 0.3) is 0 Å². The summed E-state index contributed by atoms with van der Waals surface area (Å²) in [5.41, 5.74) is 3.19. The Morgan fingerprint density at radius 1 is 0.714 bits per heavy atom. The molecule has 0 fully saturated rings. The molecule has 2 aromatic carbocycles. The first-order chi connectivity index (χ1) is 10.4. The van der Waals surface area contributed by atoms with Crippen LogP contribution in [0.1, 0.15) is 23.2 Å². The predicted octanol–water partition coefficient (Wildman–Crippen LogP) is 4.64. The van der Waals surface area contributed by atoms with Crippen molar-refractivity contribution in [3.8, 4) is 0 Å². The van der Waals surface area contributed by atoms with Crippen molar-refractivity contribution >= 4 is 0 Å². The molecule has 0 saturated heterocycles. The third-order valence-electron chi connectivity index (χ3n) is 4.01. The maximum atomic E-state index is 4.63. The van der Waals surface area contributed by atoms with E-state index >= 15 is 0 Å². The summed E-state index contributed by atoms with van der Waals surface area (Å²) in [4.78, 5) is 4.63. The number of nitrogens with zero attached hydrogens (tertiary/aromatic N) is 1. The molecule has 0 spiro atoms. The molecule has 0 unspecified atom stereocenters. The van der Waals surface area contributed by atoms with Crippen LogP contribution >= 0.6 is 0 Å². The average molecular weight is 272 g/mol. The van der Waals surface area contributed by atoms with Crippen LogP contribution in [0.3, 0.4) is 0 Å². The van der Waals surface area contributed by atoms with Gasteiger partial charge >= 0.3 is 0 Å². The van der Waals surface area contributed by atoms with Gasteiger partial charge in [0.25, 0.3) is 0 Å². The first-order valence-corrected chi connectivity index (χ1v) is 7.20. The highest BCUT2D eigenvalue weighted by Gasteiger charge is 2.35. The fourth-order valence-corrected chi connectivity index (χ4v) is 2.94. The van der Waals surface area contributed by atoms with Crippen molar-refractivity contribution in [1.29, 1.82) is 0 Å². The van der Waals surface area contributed by atoms with Crippen LogP contribution in [-0.4, -0.2) is 4.98 Å². The number of hydrogen-bond acceptors (Lipinski definition) is 1. The zero-order valence-corrected chi connectivity index (χ0v) is 11.9. The summed E-state index contributed by atoms with van der Waals surface area (Å²) in [6.07, 6.45) is 2.57. The Morgan fingerprint density at radius 3 is 1.67 bits per heavy atom. The largest absolute Gasteiger partial charge is 0.260 e. The van der Waals surface area contributed by atoms with Gasteiger partial charge in [0.1, 0.15) is 0 Å². The summed E-state index contributed by atoms with van der Waals surface area (Å²) >= 11 is 0. The Hall–Kier alpha value is -2.41. The van der Waals surface area contributed by atoms with Crippen LogP contribution in [-0.2, 0) is 5.41 Å². The topological polar surface area (TPSA) is 12.9 Å². The lowest BCUT2D eigenvalue weighted by Gasteiger charge is -2.33. The van der Waals surface area contributed by atoms with Gasteiger partial charge in [-0.05, 0) is 29.7 Å². The first-order valence-electron chi connectivity index (χ1n) is 7.20. The maximum absolute atomic E-state index is 4.63. The summed E-state index contributed by atoms with van der Waals surface area (Å²) in [5, 5.41) is 0. The maximum Gasteiger partial charge on any atom is 0.0623 e.